The van der Waals surface area contributed by atoms with E-state index in [1.165, 1.54) is 27.8 Å². The third-order valence-corrected chi connectivity index (χ3v) is 6.29. The molecule has 0 saturated carbocycles. The Morgan fingerprint density at radius 2 is 1.62 bits per heavy atom. The lowest BCUT2D eigenvalue weighted by Gasteiger charge is -2.22. The second-order valence-electron chi connectivity index (χ2n) is 8.94. The van der Waals surface area contributed by atoms with Gasteiger partial charge < -0.3 is 0 Å². The van der Waals surface area contributed by atoms with Crippen molar-refractivity contribution in [2.24, 2.45) is 0 Å². The number of carbonyl (C=O) groups excluding carboxylic acids is 1. The molecular weight excluding hydrogens is 352 g/mol. The van der Waals surface area contributed by atoms with Crippen LogP contribution in [0.1, 0.15) is 74.6 Å². The van der Waals surface area contributed by atoms with Gasteiger partial charge in [0.1, 0.15) is 0 Å². The van der Waals surface area contributed by atoms with Crippen LogP contribution in [0, 0.1) is 0 Å². The van der Waals surface area contributed by atoms with Gasteiger partial charge in [-0.1, -0.05) is 80.1 Å². The van der Waals surface area contributed by atoms with E-state index >= 15 is 0 Å². The van der Waals surface area contributed by atoms with E-state index in [0.29, 0.717) is 18.3 Å². The number of carbonyl (C=O) groups is 1. The van der Waals surface area contributed by atoms with Crippen molar-refractivity contribution in [1.82, 2.24) is 0 Å². The first kappa shape index (κ1) is 19.6. The molecular formula is C28H30O. The zero-order chi connectivity index (χ0) is 20.5. The minimum absolute atomic E-state index is 0.266. The monoisotopic (exact) mass is 382 g/mol. The lowest BCUT2D eigenvalue weighted by atomic mass is 9.81. The van der Waals surface area contributed by atoms with Crippen LogP contribution in [0.4, 0.5) is 0 Å². The van der Waals surface area contributed by atoms with Crippen LogP contribution in [-0.4, -0.2) is 5.78 Å². The quantitative estimate of drug-likeness (QED) is 0.550. The molecule has 4 rings (SSSR count). The Bertz CT molecular complexity index is 1030. The third kappa shape index (κ3) is 4.05. The van der Waals surface area contributed by atoms with Crippen LogP contribution in [0.3, 0.4) is 0 Å². The van der Waals surface area contributed by atoms with E-state index < -0.39 is 0 Å². The summed E-state index contributed by atoms with van der Waals surface area (Å²) in [6, 6.07) is 17.8. The fourth-order valence-electron chi connectivity index (χ4n) is 4.76. The van der Waals surface area contributed by atoms with Crippen LogP contribution in [0.25, 0.3) is 6.08 Å². The van der Waals surface area contributed by atoms with Crippen LogP contribution in [0.15, 0.2) is 76.9 Å². The number of rotatable bonds is 3. The molecule has 0 spiro atoms. The van der Waals surface area contributed by atoms with E-state index in [4.69, 9.17) is 0 Å². The van der Waals surface area contributed by atoms with Crippen molar-refractivity contribution in [2.75, 3.05) is 0 Å². The van der Waals surface area contributed by atoms with Gasteiger partial charge in [0.2, 0.25) is 0 Å². The zero-order valence-electron chi connectivity index (χ0n) is 18.0. The molecule has 29 heavy (non-hydrogen) atoms. The van der Waals surface area contributed by atoms with E-state index in [1.54, 1.807) is 0 Å². The summed E-state index contributed by atoms with van der Waals surface area (Å²) in [5.41, 5.74) is 9.77. The van der Waals surface area contributed by atoms with Gasteiger partial charge in [0.15, 0.2) is 5.78 Å². The van der Waals surface area contributed by atoms with Gasteiger partial charge >= 0.3 is 0 Å². The fourth-order valence-corrected chi connectivity index (χ4v) is 4.76. The van der Waals surface area contributed by atoms with Gasteiger partial charge in [-0.15, -0.1) is 0 Å². The smallest absolute Gasteiger partial charge is 0.167 e. The van der Waals surface area contributed by atoms with Crippen molar-refractivity contribution in [3.63, 3.8) is 0 Å². The number of Topliss-reactive ketones (excluding diaryl/α,β-unsaturated/α-hetero) is 1. The highest BCUT2D eigenvalue weighted by molar-refractivity contribution is 6.04. The van der Waals surface area contributed by atoms with Gasteiger partial charge in [-0.2, -0.15) is 0 Å². The van der Waals surface area contributed by atoms with Crippen LogP contribution >= 0.6 is 0 Å². The van der Waals surface area contributed by atoms with Crippen LogP contribution in [0.2, 0.25) is 0 Å². The molecule has 148 valence electrons. The van der Waals surface area contributed by atoms with Gasteiger partial charge in [-0.25, -0.2) is 0 Å². The molecule has 2 aliphatic rings. The normalized spacial score (nSPS) is 19.6. The Labute approximate surface area is 174 Å². The number of fused-ring (bicyclic) bond motifs is 1. The molecule has 1 unspecified atom stereocenters. The number of allylic oxidation sites excluding steroid dienone is 5. The molecule has 0 bridgehead atoms. The van der Waals surface area contributed by atoms with Gasteiger partial charge in [0.25, 0.3) is 0 Å². The highest BCUT2D eigenvalue weighted by Crippen LogP contribution is 2.39. The summed E-state index contributed by atoms with van der Waals surface area (Å²) in [6.07, 6.45) is 6.90. The molecule has 2 aliphatic carbocycles. The number of benzene rings is 2. The molecule has 1 atom stereocenters. The van der Waals surface area contributed by atoms with E-state index in [0.717, 1.165) is 29.6 Å². The molecule has 2 aromatic carbocycles. The average Bonchev–Trinajstić information content (AvgIpc) is 2.87. The average molecular weight is 383 g/mol. The van der Waals surface area contributed by atoms with Crippen molar-refractivity contribution >= 4 is 11.9 Å². The first-order chi connectivity index (χ1) is 13.9. The molecule has 0 radical (unpaired) electrons. The highest BCUT2D eigenvalue weighted by atomic mass is 16.1. The van der Waals surface area contributed by atoms with Gasteiger partial charge in [0, 0.05) is 12.0 Å². The van der Waals surface area contributed by atoms with Crippen LogP contribution in [0.5, 0.6) is 0 Å². The van der Waals surface area contributed by atoms with Crippen molar-refractivity contribution in [1.29, 1.82) is 0 Å². The van der Waals surface area contributed by atoms with E-state index in [2.05, 4.69) is 81.5 Å². The first-order valence-corrected chi connectivity index (χ1v) is 10.7. The summed E-state index contributed by atoms with van der Waals surface area (Å²) < 4.78 is 0. The molecule has 0 saturated heterocycles. The van der Waals surface area contributed by atoms with E-state index in [-0.39, 0.29) is 5.78 Å². The maximum atomic E-state index is 13.0. The number of hydrogen-bond donors (Lipinski definition) is 0. The third-order valence-electron chi connectivity index (χ3n) is 6.29. The van der Waals surface area contributed by atoms with E-state index in [9.17, 15) is 4.79 Å². The second-order valence-corrected chi connectivity index (χ2v) is 8.94. The number of hydrogen-bond acceptors (Lipinski definition) is 1. The van der Waals surface area contributed by atoms with E-state index in [1.807, 2.05) is 6.92 Å². The second kappa shape index (κ2) is 7.99. The Morgan fingerprint density at radius 1 is 0.897 bits per heavy atom. The van der Waals surface area contributed by atoms with Crippen molar-refractivity contribution in [3.8, 4) is 0 Å². The molecule has 0 amide bonds. The molecule has 0 heterocycles. The lowest BCUT2D eigenvalue weighted by molar-refractivity contribution is -0.114. The molecule has 0 N–H and O–H groups in total. The zero-order valence-corrected chi connectivity index (χ0v) is 18.0. The summed E-state index contributed by atoms with van der Waals surface area (Å²) in [4.78, 5) is 13.0. The van der Waals surface area contributed by atoms with Crippen LogP contribution in [-0.2, 0) is 11.2 Å². The molecule has 0 aliphatic heterocycles. The Kier molecular flexibility index (Phi) is 5.41. The molecule has 0 fully saturated rings. The predicted octanol–water partition coefficient (Wildman–Crippen LogP) is 7.16. The van der Waals surface area contributed by atoms with Crippen molar-refractivity contribution < 1.29 is 4.79 Å². The van der Waals surface area contributed by atoms with Crippen molar-refractivity contribution in [2.45, 2.75) is 58.8 Å². The minimum Gasteiger partial charge on any atom is -0.294 e. The summed E-state index contributed by atoms with van der Waals surface area (Å²) >= 11 is 0. The fraction of sp³-hybridized carbons (Fsp3) is 0.321. The highest BCUT2D eigenvalue weighted by Gasteiger charge is 2.26. The Balaban J connectivity index is 1.78. The first-order valence-electron chi connectivity index (χ1n) is 10.7. The van der Waals surface area contributed by atoms with Gasteiger partial charge in [-0.05, 0) is 71.9 Å². The Hall–Kier alpha value is -2.67. The summed E-state index contributed by atoms with van der Waals surface area (Å²) in [5, 5.41) is 0. The predicted molar refractivity (Wildman–Crippen MR) is 122 cm³/mol. The van der Waals surface area contributed by atoms with Crippen LogP contribution < -0.4 is 0 Å². The summed E-state index contributed by atoms with van der Waals surface area (Å²) in [6.45, 7) is 8.60. The van der Waals surface area contributed by atoms with Gasteiger partial charge in [-0.3, -0.25) is 4.79 Å². The number of ketones is 1. The molecule has 0 aromatic heterocycles. The minimum atomic E-state index is 0.266. The molecule has 1 heteroatoms. The van der Waals surface area contributed by atoms with Gasteiger partial charge in [0.05, 0.1) is 0 Å². The molecule has 2 aromatic rings. The standard InChI is InChI=1S/C28H30O/c1-18(2)21-9-11-22(12-10-21)25-15-23-7-5-6-8-24(23)16-26(17-25)28-20(4)13-19(3)14-27(28)29/h5-13,16,18,25H,14-15,17H2,1-4H3. The Morgan fingerprint density at radius 3 is 2.31 bits per heavy atom. The maximum Gasteiger partial charge on any atom is 0.167 e. The summed E-state index contributed by atoms with van der Waals surface area (Å²) in [7, 11) is 0. The largest absolute Gasteiger partial charge is 0.294 e. The molecule has 1 nitrogen and oxygen atoms in total. The summed E-state index contributed by atoms with van der Waals surface area (Å²) in [5.74, 6) is 1.19. The lowest BCUT2D eigenvalue weighted by Crippen LogP contribution is -2.13. The maximum absolute atomic E-state index is 13.0. The van der Waals surface area contributed by atoms with Crippen molar-refractivity contribution in [3.05, 3.63) is 99.2 Å². The topological polar surface area (TPSA) is 17.1 Å². The SMILES string of the molecule is CC1=CC(C)=C(C2=Cc3ccccc3CC(c3ccc(C(C)C)cc3)C2)C(=O)C1.